The van der Waals surface area contributed by atoms with E-state index in [4.69, 9.17) is 23.2 Å². The van der Waals surface area contributed by atoms with Gasteiger partial charge in [-0.15, -0.1) is 0 Å². The van der Waals surface area contributed by atoms with Gasteiger partial charge in [-0.25, -0.2) is 9.69 Å². The molecule has 0 bridgehead atoms. The number of piperidine rings is 1. The fourth-order valence-electron chi connectivity index (χ4n) is 5.55. The van der Waals surface area contributed by atoms with E-state index in [9.17, 15) is 26.4 Å². The Morgan fingerprint density at radius 1 is 0.959 bits per heavy atom. The maximum absolute atomic E-state index is 13.9. The maximum atomic E-state index is 13.9. The third-order valence-corrected chi connectivity index (χ3v) is 11.0. The van der Waals surface area contributed by atoms with E-state index in [0.717, 1.165) is 56.0 Å². The Morgan fingerprint density at radius 3 is 2.33 bits per heavy atom. The Hall–Kier alpha value is -3.47. The lowest BCUT2D eigenvalue weighted by Gasteiger charge is -2.26. The number of allylic oxidation sites excluding steroid dienone is 1. The van der Waals surface area contributed by atoms with Crippen LogP contribution in [0.4, 0.5) is 13.2 Å². The van der Waals surface area contributed by atoms with Crippen LogP contribution in [0.5, 0.6) is 0 Å². The van der Waals surface area contributed by atoms with Gasteiger partial charge in [-0.05, 0) is 79.8 Å². The summed E-state index contributed by atoms with van der Waals surface area (Å²) in [6.07, 6.45) is -0.0776. The molecular weight excluding hydrogens is 720 g/mol. The van der Waals surface area contributed by atoms with E-state index in [0.29, 0.717) is 58.0 Å². The number of carbonyl (C=O) groups excluding carboxylic acids is 1. The van der Waals surface area contributed by atoms with Crippen LogP contribution in [0.15, 0.2) is 58.8 Å². The fraction of sp³-hybridized carbons (Fsp3) is 0.333. The Balaban J connectivity index is 1.42. The molecule has 256 valence electrons. The van der Waals surface area contributed by atoms with Gasteiger partial charge in [0.1, 0.15) is 4.91 Å². The van der Waals surface area contributed by atoms with Crippen molar-refractivity contribution in [1.82, 2.24) is 29.2 Å². The second kappa shape index (κ2) is 14.8. The highest BCUT2D eigenvalue weighted by molar-refractivity contribution is 8.12. The number of carbonyl (C=O) groups is 1. The minimum Gasteiger partial charge on any atom is -0.283 e. The number of thioether (sulfide) groups is 1. The van der Waals surface area contributed by atoms with E-state index in [1.165, 1.54) is 27.2 Å². The molecular formula is C33H29Cl2F3N6O3S2. The number of halogens is 5. The first-order valence-corrected chi connectivity index (χ1v) is 18.4. The first kappa shape index (κ1) is 35.4. The average molecular weight is 750 g/mol. The van der Waals surface area contributed by atoms with Crippen molar-refractivity contribution in [2.75, 3.05) is 26.2 Å². The predicted molar refractivity (Wildman–Crippen MR) is 183 cm³/mol. The molecule has 3 aromatic rings. The Kier molecular flexibility index (Phi) is 10.7. The van der Waals surface area contributed by atoms with Crippen molar-refractivity contribution >= 4 is 56.0 Å². The van der Waals surface area contributed by atoms with Gasteiger partial charge in [-0.3, -0.25) is 10.2 Å². The van der Waals surface area contributed by atoms with Gasteiger partial charge in [-0.2, -0.15) is 35.7 Å². The second-order valence-corrected chi connectivity index (χ2v) is 15.1. The van der Waals surface area contributed by atoms with Crippen molar-refractivity contribution in [3.05, 3.63) is 97.0 Å². The summed E-state index contributed by atoms with van der Waals surface area (Å²) in [5.41, 5.74) is 9.46. The third-order valence-electron chi connectivity index (χ3n) is 8.03. The number of nitrogens with zero attached hydrogens (tertiary/aromatic N) is 4. The third kappa shape index (κ3) is 8.30. The van der Waals surface area contributed by atoms with E-state index in [1.807, 2.05) is 5.01 Å². The van der Waals surface area contributed by atoms with Crippen molar-refractivity contribution in [3.63, 3.8) is 0 Å². The minimum absolute atomic E-state index is 0.0186. The smallest absolute Gasteiger partial charge is 0.283 e. The number of benzene rings is 2. The molecule has 2 aromatic carbocycles. The molecule has 3 aliphatic heterocycles. The molecule has 0 spiro atoms. The summed E-state index contributed by atoms with van der Waals surface area (Å²) in [5.74, 6) is 5.23. The number of rotatable bonds is 8. The lowest BCUT2D eigenvalue weighted by atomic mass is 10.1. The SMILES string of the molecule is O=C(NN1CCCCC1)c1nn(-c2ccc(Cl)cc2Cl)c(C2=C=C=C(C#Cc3ccc(C(F)(F)F)cc3)S2)c1CNS(=O)(=O)N1CCCC1. The molecule has 0 atom stereocenters. The van der Waals surface area contributed by atoms with Crippen molar-refractivity contribution in [2.24, 2.45) is 0 Å². The zero-order valence-electron chi connectivity index (χ0n) is 25.8. The van der Waals surface area contributed by atoms with E-state index < -0.39 is 27.9 Å². The van der Waals surface area contributed by atoms with E-state index >= 15 is 0 Å². The molecule has 0 unspecified atom stereocenters. The van der Waals surface area contributed by atoms with Gasteiger partial charge in [0.25, 0.3) is 16.1 Å². The zero-order chi connectivity index (χ0) is 34.8. The largest absolute Gasteiger partial charge is 0.416 e. The number of hydrazine groups is 1. The molecule has 6 rings (SSSR count). The molecule has 0 aliphatic carbocycles. The number of aromatic nitrogens is 2. The molecule has 2 N–H and O–H groups in total. The van der Waals surface area contributed by atoms with E-state index in [-0.39, 0.29) is 22.8 Å². The van der Waals surface area contributed by atoms with E-state index in [1.54, 1.807) is 12.1 Å². The monoisotopic (exact) mass is 748 g/mol. The fourth-order valence-corrected chi connectivity index (χ4v) is 8.10. The molecule has 4 heterocycles. The van der Waals surface area contributed by atoms with Gasteiger partial charge in [0.05, 0.1) is 26.9 Å². The minimum atomic E-state index is -4.46. The number of hydrogen-bond acceptors (Lipinski definition) is 6. The molecule has 0 radical (unpaired) electrons. The first-order valence-electron chi connectivity index (χ1n) is 15.4. The number of alkyl halides is 3. The molecule has 9 nitrogen and oxygen atoms in total. The molecule has 16 heteroatoms. The van der Waals surface area contributed by atoms with Crippen molar-refractivity contribution in [3.8, 4) is 17.5 Å². The lowest BCUT2D eigenvalue weighted by molar-refractivity contribution is -0.137. The summed E-state index contributed by atoms with van der Waals surface area (Å²) in [4.78, 5) is 14.7. The molecule has 2 fully saturated rings. The highest BCUT2D eigenvalue weighted by Crippen LogP contribution is 2.40. The average Bonchev–Trinajstić information content (AvgIpc) is 3.84. The van der Waals surface area contributed by atoms with Gasteiger partial charge in [0.2, 0.25) is 0 Å². The Labute approximate surface area is 296 Å². The zero-order valence-corrected chi connectivity index (χ0v) is 29.0. The lowest BCUT2D eigenvalue weighted by Crippen LogP contribution is -2.45. The first-order chi connectivity index (χ1) is 23.4. The molecule has 2 saturated heterocycles. The van der Waals surface area contributed by atoms with Gasteiger partial charge >= 0.3 is 6.18 Å². The van der Waals surface area contributed by atoms with Crippen LogP contribution in [-0.4, -0.2) is 59.6 Å². The summed E-state index contributed by atoms with van der Waals surface area (Å²) < 4.78 is 71.0. The topological polar surface area (TPSA) is 99.6 Å². The van der Waals surface area contributed by atoms with E-state index in [2.05, 4.69) is 38.5 Å². The molecule has 49 heavy (non-hydrogen) atoms. The quantitative estimate of drug-likeness (QED) is 0.201. The molecule has 1 amide bonds. The standard InChI is InChI=1S/C33H29Cl2F3N6O3S2/c34-24-11-14-28(27(35)20-24)44-31(29-15-13-25(48-29)12-8-22-6-9-23(10-7-22)33(36,37)38)26(21-39-49(46,47)43-18-4-5-19-43)30(40-44)32(45)41-42-16-2-1-3-17-42/h6-7,9-11,14,20,39H,1-5,16-19,21H2,(H,41,45). The maximum Gasteiger partial charge on any atom is 0.416 e. The van der Waals surface area contributed by atoms with Gasteiger partial charge < -0.3 is 0 Å². The summed E-state index contributed by atoms with van der Waals surface area (Å²) in [7, 11) is -3.89. The van der Waals surface area contributed by atoms with Gasteiger partial charge in [0, 0.05) is 48.9 Å². The second-order valence-electron chi connectivity index (χ2n) is 11.4. The normalized spacial score (nSPS) is 17.1. The van der Waals surface area contributed by atoms with Crippen LogP contribution in [0, 0.1) is 11.8 Å². The number of nitrogens with one attached hydrogen (secondary N) is 2. The molecule has 0 saturated carbocycles. The van der Waals surface area contributed by atoms with Crippen LogP contribution in [0.2, 0.25) is 10.0 Å². The molecule has 3 aliphatic rings. The highest BCUT2D eigenvalue weighted by atomic mass is 35.5. The van der Waals surface area contributed by atoms with Crippen LogP contribution in [-0.2, 0) is 22.9 Å². The Morgan fingerprint density at radius 2 is 1.65 bits per heavy atom. The van der Waals surface area contributed by atoms with Crippen LogP contribution >= 0.6 is 35.0 Å². The number of amides is 1. The summed E-state index contributed by atoms with van der Waals surface area (Å²) in [6, 6.07) is 9.25. The summed E-state index contributed by atoms with van der Waals surface area (Å²) in [5, 5.41) is 7.11. The highest BCUT2D eigenvalue weighted by Gasteiger charge is 2.32. The summed E-state index contributed by atoms with van der Waals surface area (Å²) in [6.45, 7) is 1.82. The van der Waals surface area contributed by atoms with Crippen LogP contribution in [0.1, 0.15) is 65.0 Å². The predicted octanol–water partition coefficient (Wildman–Crippen LogP) is 6.54. The van der Waals surface area contributed by atoms with Crippen molar-refractivity contribution in [1.29, 1.82) is 0 Å². The van der Waals surface area contributed by atoms with Crippen molar-refractivity contribution < 1.29 is 26.4 Å². The Bertz CT molecular complexity index is 2050. The van der Waals surface area contributed by atoms with Crippen LogP contribution in [0.25, 0.3) is 10.6 Å². The molecule has 1 aromatic heterocycles. The summed E-state index contributed by atoms with van der Waals surface area (Å²) >= 11 is 14.0. The van der Waals surface area contributed by atoms with Crippen molar-refractivity contribution in [2.45, 2.75) is 44.8 Å². The van der Waals surface area contributed by atoms with Crippen LogP contribution in [0.3, 0.4) is 0 Å². The van der Waals surface area contributed by atoms with Gasteiger partial charge in [0.15, 0.2) is 5.69 Å². The number of hydrogen-bond donors (Lipinski definition) is 2. The van der Waals surface area contributed by atoms with Gasteiger partial charge in [-0.1, -0.05) is 53.0 Å². The van der Waals surface area contributed by atoms with Crippen LogP contribution < -0.4 is 10.1 Å².